The molecule has 1 aromatic carbocycles. The van der Waals surface area contributed by atoms with Crippen LogP contribution in [0.4, 0.5) is 22.0 Å². The number of benzene rings is 1. The highest BCUT2D eigenvalue weighted by Crippen LogP contribution is 2.42. The zero-order valence-electron chi connectivity index (χ0n) is 16.0. The van der Waals surface area contributed by atoms with E-state index in [4.69, 9.17) is 11.6 Å². The quantitative estimate of drug-likeness (QED) is 0.320. The zero-order valence-corrected chi connectivity index (χ0v) is 17.6. The Hall–Kier alpha value is -0.570. The molecule has 0 aliphatic heterocycles. The normalized spacial score (nSPS) is 23.5. The Labute approximate surface area is 170 Å². The molecule has 1 fully saturated rings. The van der Waals surface area contributed by atoms with E-state index in [1.807, 2.05) is 0 Å². The first kappa shape index (κ1) is 23.7. The number of halogens is 6. The zero-order chi connectivity index (χ0) is 21.3. The predicted molar refractivity (Wildman–Crippen MR) is 101 cm³/mol. The largest absolute Gasteiger partial charge is 0.598 e. The first-order chi connectivity index (χ1) is 12.8. The van der Waals surface area contributed by atoms with Gasteiger partial charge in [-0.2, -0.15) is 13.2 Å². The van der Waals surface area contributed by atoms with Crippen LogP contribution in [0.3, 0.4) is 0 Å². The van der Waals surface area contributed by atoms with E-state index in [0.717, 1.165) is 6.07 Å². The van der Waals surface area contributed by atoms with Crippen molar-refractivity contribution in [2.75, 3.05) is 0 Å². The van der Waals surface area contributed by atoms with Gasteiger partial charge < -0.3 is 4.55 Å². The molecule has 160 valence electrons. The Kier molecular flexibility index (Phi) is 7.67. The molecule has 1 saturated carbocycles. The Bertz CT molecular complexity index is 672. The number of alkyl halides is 3. The van der Waals surface area contributed by atoms with Crippen LogP contribution >= 0.6 is 11.6 Å². The summed E-state index contributed by atoms with van der Waals surface area (Å²) in [5.41, 5.74) is 0.0712. The smallest absolute Gasteiger partial charge is 0.391 e. The molecule has 1 aliphatic rings. The molecule has 2 rings (SSSR count). The molecule has 2 nitrogen and oxygen atoms in total. The Morgan fingerprint density at radius 3 is 2.21 bits per heavy atom. The third kappa shape index (κ3) is 5.97. The van der Waals surface area contributed by atoms with Gasteiger partial charge >= 0.3 is 6.18 Å². The minimum atomic E-state index is -4.20. The van der Waals surface area contributed by atoms with Crippen molar-refractivity contribution < 1.29 is 26.5 Å². The summed E-state index contributed by atoms with van der Waals surface area (Å²) < 4.78 is 81.6. The lowest BCUT2D eigenvalue weighted by Gasteiger charge is -2.33. The highest BCUT2D eigenvalue weighted by atomic mass is 35.5. The molecule has 2 atom stereocenters. The highest BCUT2D eigenvalue weighted by molar-refractivity contribution is 7.90. The van der Waals surface area contributed by atoms with Crippen LogP contribution in [0.15, 0.2) is 12.1 Å². The Morgan fingerprint density at radius 2 is 1.71 bits per heavy atom. The topological polar surface area (TPSA) is 35.1 Å². The lowest BCUT2D eigenvalue weighted by molar-refractivity contribution is -0.184. The minimum absolute atomic E-state index is 0.0237. The summed E-state index contributed by atoms with van der Waals surface area (Å²) in [7, 11) is 0. The first-order valence-electron chi connectivity index (χ1n) is 9.19. The van der Waals surface area contributed by atoms with E-state index in [2.05, 4.69) is 4.72 Å². The number of hydrogen-bond acceptors (Lipinski definition) is 2. The number of rotatable bonds is 5. The second-order valence-corrected chi connectivity index (χ2v) is 10.7. The van der Waals surface area contributed by atoms with Gasteiger partial charge in [0.15, 0.2) is 0 Å². The van der Waals surface area contributed by atoms with Crippen LogP contribution in [0.5, 0.6) is 0 Å². The van der Waals surface area contributed by atoms with Crippen LogP contribution in [0.2, 0.25) is 5.02 Å². The lowest BCUT2D eigenvalue weighted by Crippen LogP contribution is -2.42. The molecule has 0 amide bonds. The Morgan fingerprint density at radius 1 is 1.14 bits per heavy atom. The fraction of sp³-hybridized carbons (Fsp3) is 0.684. The molecule has 28 heavy (non-hydrogen) atoms. The number of nitrogens with one attached hydrogen (secondary N) is 1. The third-order valence-corrected chi connectivity index (χ3v) is 7.08. The summed E-state index contributed by atoms with van der Waals surface area (Å²) in [6, 6.07) is 1.54. The van der Waals surface area contributed by atoms with E-state index in [-0.39, 0.29) is 24.3 Å². The summed E-state index contributed by atoms with van der Waals surface area (Å²) in [5.74, 6) is -3.23. The van der Waals surface area contributed by atoms with Gasteiger partial charge in [-0.1, -0.05) is 17.7 Å². The predicted octanol–water partition coefficient (Wildman–Crippen LogP) is 6.47. The molecule has 1 aromatic rings. The average molecular weight is 446 g/mol. The molecule has 1 aliphatic carbocycles. The number of hydrogen-bond donors (Lipinski definition) is 1. The van der Waals surface area contributed by atoms with Crippen LogP contribution in [0.25, 0.3) is 0 Å². The second-order valence-electron chi connectivity index (χ2n) is 8.31. The maximum absolute atomic E-state index is 14.6. The van der Waals surface area contributed by atoms with E-state index in [1.165, 1.54) is 6.07 Å². The maximum Gasteiger partial charge on any atom is 0.391 e. The highest BCUT2D eigenvalue weighted by Gasteiger charge is 2.42. The molecule has 0 bridgehead atoms. The average Bonchev–Trinajstić information content (AvgIpc) is 2.58. The molecule has 0 heterocycles. The van der Waals surface area contributed by atoms with Crippen LogP contribution in [-0.2, 0) is 11.4 Å². The van der Waals surface area contributed by atoms with Crippen molar-refractivity contribution >= 4 is 23.0 Å². The summed E-state index contributed by atoms with van der Waals surface area (Å²) in [6.45, 7) is 5.24. The Balaban J connectivity index is 2.19. The van der Waals surface area contributed by atoms with E-state index < -0.39 is 50.9 Å². The summed E-state index contributed by atoms with van der Waals surface area (Å²) in [6.07, 6.45) is -3.16. The van der Waals surface area contributed by atoms with E-state index in [1.54, 1.807) is 20.8 Å². The molecule has 0 aromatic heterocycles. The SMILES string of the molecule is CC(C)(C)[S@@+]([O-])N[C@H](CC1CCC(C(F)(F)F)CC1)c1ccc(F)c(Cl)c1F. The molecule has 0 radical (unpaired) electrons. The van der Waals surface area contributed by atoms with Crippen molar-refractivity contribution in [3.05, 3.63) is 34.4 Å². The molecular weight excluding hydrogens is 421 g/mol. The van der Waals surface area contributed by atoms with E-state index in [0.29, 0.717) is 19.3 Å². The van der Waals surface area contributed by atoms with Gasteiger partial charge in [-0.25, -0.2) is 8.78 Å². The van der Waals surface area contributed by atoms with Crippen molar-refractivity contribution in [3.8, 4) is 0 Å². The van der Waals surface area contributed by atoms with Gasteiger partial charge in [0.2, 0.25) is 0 Å². The van der Waals surface area contributed by atoms with Gasteiger partial charge in [-0.05, 0) is 64.9 Å². The monoisotopic (exact) mass is 445 g/mol. The fourth-order valence-corrected chi connectivity index (χ4v) is 4.42. The minimum Gasteiger partial charge on any atom is -0.598 e. The molecule has 0 unspecified atom stereocenters. The van der Waals surface area contributed by atoms with Gasteiger partial charge in [0, 0.05) is 16.9 Å². The van der Waals surface area contributed by atoms with Crippen molar-refractivity contribution in [1.29, 1.82) is 0 Å². The van der Waals surface area contributed by atoms with Crippen molar-refractivity contribution in [3.63, 3.8) is 0 Å². The lowest BCUT2D eigenvalue weighted by atomic mass is 9.78. The van der Waals surface area contributed by atoms with Gasteiger partial charge in [0.05, 0.1) is 12.0 Å². The fourth-order valence-electron chi connectivity index (χ4n) is 3.41. The molecule has 9 heteroatoms. The van der Waals surface area contributed by atoms with Crippen molar-refractivity contribution in [1.82, 2.24) is 4.72 Å². The summed E-state index contributed by atoms with van der Waals surface area (Å²) >= 11 is 4.14. The van der Waals surface area contributed by atoms with Crippen LogP contribution in [-0.4, -0.2) is 15.5 Å². The molecule has 0 spiro atoms. The second kappa shape index (κ2) is 9.06. The van der Waals surface area contributed by atoms with Gasteiger partial charge in [0.1, 0.15) is 21.4 Å². The maximum atomic E-state index is 14.6. The summed E-state index contributed by atoms with van der Waals surface area (Å²) in [5, 5.41) is -0.647. The van der Waals surface area contributed by atoms with E-state index >= 15 is 0 Å². The first-order valence-corrected chi connectivity index (χ1v) is 10.7. The van der Waals surface area contributed by atoms with Gasteiger partial charge in [-0.3, -0.25) is 0 Å². The van der Waals surface area contributed by atoms with Gasteiger partial charge in [-0.15, -0.1) is 4.72 Å². The van der Waals surface area contributed by atoms with Crippen LogP contribution in [0.1, 0.15) is 64.5 Å². The van der Waals surface area contributed by atoms with E-state index in [9.17, 15) is 26.5 Å². The van der Waals surface area contributed by atoms with Crippen LogP contribution in [0, 0.1) is 23.5 Å². The molecule has 1 N–H and O–H groups in total. The standard InChI is InChI=1S/C19H25ClF5NOS/c1-18(2,3)28(27)26-15(13-8-9-14(21)16(20)17(13)22)10-11-4-6-12(7-5-11)19(23,24)25/h8-9,11-12,15,26H,4-7,10H2,1-3H3/t11?,12?,15-,28-/m1/s1. The van der Waals surface area contributed by atoms with Crippen molar-refractivity contribution in [2.45, 2.75) is 69.8 Å². The summed E-state index contributed by atoms with van der Waals surface area (Å²) in [4.78, 5) is 0. The molecule has 0 saturated heterocycles. The third-order valence-electron chi connectivity index (χ3n) is 5.12. The van der Waals surface area contributed by atoms with Gasteiger partial charge in [0.25, 0.3) is 0 Å². The van der Waals surface area contributed by atoms with Crippen LogP contribution < -0.4 is 4.72 Å². The molecular formula is C19H25ClF5NOS. The van der Waals surface area contributed by atoms with Crippen molar-refractivity contribution in [2.24, 2.45) is 11.8 Å².